The normalized spacial score (nSPS) is 11.1. The molecule has 0 radical (unpaired) electrons. The molecule has 0 spiro atoms. The van der Waals surface area contributed by atoms with Gasteiger partial charge in [0.05, 0.1) is 5.52 Å². The van der Waals surface area contributed by atoms with E-state index in [1.807, 2.05) is 22.8 Å². The molecule has 6 heteroatoms. The summed E-state index contributed by atoms with van der Waals surface area (Å²) >= 11 is 1.68. The summed E-state index contributed by atoms with van der Waals surface area (Å²) in [6, 6.07) is 12.3. The Morgan fingerprint density at radius 1 is 1.21 bits per heavy atom. The van der Waals surface area contributed by atoms with Crippen LogP contribution in [0.1, 0.15) is 10.5 Å². The number of carbonyl (C=O) groups is 1. The van der Waals surface area contributed by atoms with Gasteiger partial charge in [0.1, 0.15) is 12.0 Å². The van der Waals surface area contributed by atoms with Gasteiger partial charge in [0.2, 0.25) is 0 Å². The summed E-state index contributed by atoms with van der Waals surface area (Å²) in [4.78, 5) is 21.2. The fraction of sp³-hybridized carbons (Fsp3) is 0.111. The molecule has 0 atom stereocenters. The molecule has 1 aromatic carbocycles. The number of H-pyrrole nitrogens is 1. The van der Waals surface area contributed by atoms with E-state index in [2.05, 4.69) is 38.9 Å². The Morgan fingerprint density at radius 2 is 2.08 bits per heavy atom. The molecule has 3 aromatic heterocycles. The van der Waals surface area contributed by atoms with Crippen molar-refractivity contribution < 1.29 is 4.79 Å². The highest BCUT2D eigenvalue weighted by Crippen LogP contribution is 2.26. The first-order valence-electron chi connectivity index (χ1n) is 7.54. The van der Waals surface area contributed by atoms with E-state index in [0.717, 1.165) is 16.8 Å². The lowest BCUT2D eigenvalue weighted by Gasteiger charge is -2.08. The summed E-state index contributed by atoms with van der Waals surface area (Å²) in [6.07, 6.45) is 1.78. The van der Waals surface area contributed by atoms with Crippen molar-refractivity contribution in [1.29, 1.82) is 0 Å². The summed E-state index contributed by atoms with van der Waals surface area (Å²) in [6.45, 7) is 0. The Balaban J connectivity index is 1.79. The molecule has 0 unspecified atom stereocenters. The molecule has 4 aromatic rings. The number of nitrogens with one attached hydrogen (secondary N) is 1. The number of nitrogens with zero attached hydrogens (tertiary/aromatic N) is 3. The fourth-order valence-corrected chi connectivity index (χ4v) is 3.38. The van der Waals surface area contributed by atoms with Gasteiger partial charge < -0.3 is 9.88 Å². The molecule has 0 aliphatic rings. The van der Waals surface area contributed by atoms with Crippen molar-refractivity contribution in [3.8, 4) is 16.8 Å². The average molecular weight is 336 g/mol. The number of rotatable bonds is 3. The zero-order valence-corrected chi connectivity index (χ0v) is 14.2. The first kappa shape index (κ1) is 14.7. The van der Waals surface area contributed by atoms with Gasteiger partial charge >= 0.3 is 0 Å². The van der Waals surface area contributed by atoms with Crippen molar-refractivity contribution in [2.45, 2.75) is 0 Å². The van der Waals surface area contributed by atoms with Crippen LogP contribution in [-0.4, -0.2) is 39.4 Å². The summed E-state index contributed by atoms with van der Waals surface area (Å²) in [5, 5.41) is 4.20. The summed E-state index contributed by atoms with van der Waals surface area (Å²) in [5.74, 6) is -0.0634. The van der Waals surface area contributed by atoms with Gasteiger partial charge in [-0.2, -0.15) is 11.3 Å². The number of carbonyl (C=O) groups excluding carboxylic acids is 1. The lowest BCUT2D eigenvalue weighted by Crippen LogP contribution is -2.21. The Hall–Kier alpha value is -2.86. The summed E-state index contributed by atoms with van der Waals surface area (Å²) < 4.78 is 1.99. The minimum atomic E-state index is -0.0634. The van der Waals surface area contributed by atoms with Crippen LogP contribution in [0, 0.1) is 0 Å². The standard InChI is InChI=1S/C18H16N4OS/c1-21(2)18(23)15-9-16-17(20-15)19-11-22(16)14-5-3-4-12(8-14)13-6-7-24-10-13/h3-11,20H,1-2H3. The first-order valence-corrected chi connectivity index (χ1v) is 8.48. The predicted octanol–water partition coefficient (Wildman–Crippen LogP) is 3.78. The molecule has 0 saturated heterocycles. The molecule has 120 valence electrons. The number of aromatic amines is 1. The largest absolute Gasteiger partial charge is 0.344 e. The molecule has 0 saturated carbocycles. The molecule has 1 N–H and O–H groups in total. The Labute approximate surface area is 143 Å². The SMILES string of the molecule is CN(C)C(=O)c1cc2c(ncn2-c2cccc(-c3ccsc3)c2)[nH]1. The molecule has 0 bridgehead atoms. The lowest BCUT2D eigenvalue weighted by molar-refractivity contribution is 0.0823. The van der Waals surface area contributed by atoms with Crippen LogP contribution in [0.3, 0.4) is 0 Å². The lowest BCUT2D eigenvalue weighted by atomic mass is 10.1. The molecule has 0 aliphatic carbocycles. The fourth-order valence-electron chi connectivity index (χ4n) is 2.72. The van der Waals surface area contributed by atoms with Gasteiger partial charge in [-0.1, -0.05) is 12.1 Å². The second kappa shape index (κ2) is 5.65. The molecule has 5 nitrogen and oxygen atoms in total. The maximum Gasteiger partial charge on any atom is 0.269 e. The van der Waals surface area contributed by atoms with Crippen molar-refractivity contribution in [2.75, 3.05) is 14.1 Å². The number of thiophene rings is 1. The number of amides is 1. The number of imidazole rings is 1. The van der Waals surface area contributed by atoms with Crippen LogP contribution in [0.5, 0.6) is 0 Å². The van der Waals surface area contributed by atoms with Crippen molar-refractivity contribution in [2.24, 2.45) is 0 Å². The highest BCUT2D eigenvalue weighted by atomic mass is 32.1. The van der Waals surface area contributed by atoms with Crippen molar-refractivity contribution in [1.82, 2.24) is 19.4 Å². The van der Waals surface area contributed by atoms with E-state index in [1.165, 1.54) is 5.56 Å². The van der Waals surface area contributed by atoms with Crippen LogP contribution < -0.4 is 0 Å². The quantitative estimate of drug-likeness (QED) is 0.619. The maximum absolute atomic E-state index is 12.1. The smallest absolute Gasteiger partial charge is 0.269 e. The van der Waals surface area contributed by atoms with Crippen LogP contribution in [0.2, 0.25) is 0 Å². The van der Waals surface area contributed by atoms with Crippen LogP contribution in [0.15, 0.2) is 53.5 Å². The van der Waals surface area contributed by atoms with Crippen molar-refractivity contribution in [3.05, 3.63) is 59.2 Å². The molecule has 1 amide bonds. The number of hydrogen-bond donors (Lipinski definition) is 1. The molecule has 24 heavy (non-hydrogen) atoms. The third kappa shape index (κ3) is 2.41. The van der Waals surface area contributed by atoms with E-state index in [1.54, 1.807) is 36.7 Å². The Kier molecular flexibility index (Phi) is 3.46. The predicted molar refractivity (Wildman–Crippen MR) is 96.8 cm³/mol. The van der Waals surface area contributed by atoms with Gasteiger partial charge in [0, 0.05) is 19.8 Å². The van der Waals surface area contributed by atoms with Crippen LogP contribution in [0.25, 0.3) is 28.0 Å². The maximum atomic E-state index is 12.1. The van der Waals surface area contributed by atoms with Crippen LogP contribution in [-0.2, 0) is 0 Å². The van der Waals surface area contributed by atoms with E-state index in [0.29, 0.717) is 11.3 Å². The van der Waals surface area contributed by atoms with Crippen molar-refractivity contribution >= 4 is 28.4 Å². The summed E-state index contributed by atoms with van der Waals surface area (Å²) in [5.41, 5.74) is 5.53. The van der Waals surface area contributed by atoms with Gasteiger partial charge in [-0.3, -0.25) is 9.36 Å². The molecule has 0 aliphatic heterocycles. The molecule has 3 heterocycles. The third-order valence-corrected chi connectivity index (χ3v) is 4.64. The van der Waals surface area contributed by atoms with Gasteiger partial charge in [-0.05, 0) is 46.2 Å². The second-order valence-corrected chi connectivity index (χ2v) is 6.57. The van der Waals surface area contributed by atoms with E-state index < -0.39 is 0 Å². The van der Waals surface area contributed by atoms with Crippen molar-refractivity contribution in [3.63, 3.8) is 0 Å². The van der Waals surface area contributed by atoms with E-state index in [-0.39, 0.29) is 5.91 Å². The molecular weight excluding hydrogens is 320 g/mol. The third-order valence-electron chi connectivity index (χ3n) is 3.95. The number of benzene rings is 1. The highest BCUT2D eigenvalue weighted by Gasteiger charge is 2.15. The molecule has 4 rings (SSSR count). The highest BCUT2D eigenvalue weighted by molar-refractivity contribution is 7.08. The zero-order valence-electron chi connectivity index (χ0n) is 13.4. The van der Waals surface area contributed by atoms with E-state index >= 15 is 0 Å². The number of aromatic nitrogens is 3. The summed E-state index contributed by atoms with van der Waals surface area (Å²) in [7, 11) is 3.47. The number of fused-ring (bicyclic) bond motifs is 1. The zero-order chi connectivity index (χ0) is 16.7. The molecular formula is C18H16N4OS. The minimum absolute atomic E-state index is 0.0634. The Morgan fingerprint density at radius 3 is 2.83 bits per heavy atom. The average Bonchev–Trinajstić information content (AvgIpc) is 3.30. The van der Waals surface area contributed by atoms with Gasteiger partial charge in [-0.25, -0.2) is 4.98 Å². The molecule has 0 fully saturated rings. The van der Waals surface area contributed by atoms with E-state index in [4.69, 9.17) is 0 Å². The minimum Gasteiger partial charge on any atom is -0.344 e. The number of hydrogen-bond acceptors (Lipinski definition) is 3. The van der Waals surface area contributed by atoms with Gasteiger partial charge in [0.25, 0.3) is 5.91 Å². The monoisotopic (exact) mass is 336 g/mol. The second-order valence-electron chi connectivity index (χ2n) is 5.79. The van der Waals surface area contributed by atoms with Gasteiger partial charge in [-0.15, -0.1) is 0 Å². The van der Waals surface area contributed by atoms with Gasteiger partial charge in [0.15, 0.2) is 5.65 Å². The first-order chi connectivity index (χ1) is 11.6. The van der Waals surface area contributed by atoms with Crippen LogP contribution >= 0.6 is 11.3 Å². The topological polar surface area (TPSA) is 53.9 Å². The van der Waals surface area contributed by atoms with Crippen LogP contribution in [0.4, 0.5) is 0 Å². The Bertz CT molecular complexity index is 1010. The van der Waals surface area contributed by atoms with E-state index in [9.17, 15) is 4.79 Å².